The van der Waals surface area contributed by atoms with Crippen molar-refractivity contribution in [1.82, 2.24) is 0 Å². The van der Waals surface area contributed by atoms with Crippen molar-refractivity contribution in [1.29, 1.82) is 0 Å². The van der Waals surface area contributed by atoms with Crippen molar-refractivity contribution in [3.05, 3.63) is 90.0 Å². The second kappa shape index (κ2) is 11.1. The number of carboxylic acid groups (broad SMARTS) is 1. The van der Waals surface area contributed by atoms with Gasteiger partial charge in [-0.3, -0.25) is 0 Å². The molecule has 0 saturated heterocycles. The van der Waals surface area contributed by atoms with Crippen LogP contribution in [0.2, 0.25) is 0 Å². The normalized spacial score (nSPS) is 9.69. The van der Waals surface area contributed by atoms with E-state index in [0.29, 0.717) is 23.5 Å². The molecule has 3 aromatic rings. The van der Waals surface area contributed by atoms with Gasteiger partial charge < -0.3 is 19.7 Å². The summed E-state index contributed by atoms with van der Waals surface area (Å²) in [6.07, 6.45) is 0.848. The van der Waals surface area contributed by atoms with Crippen LogP contribution in [0.3, 0.4) is 0 Å². The van der Waals surface area contributed by atoms with Crippen molar-refractivity contribution in [3.8, 4) is 17.2 Å². The fourth-order valence-electron chi connectivity index (χ4n) is 2.43. The van der Waals surface area contributed by atoms with Gasteiger partial charge in [-0.1, -0.05) is 61.9 Å². The van der Waals surface area contributed by atoms with E-state index in [2.05, 4.69) is 0 Å². The molecule has 0 atom stereocenters. The van der Waals surface area contributed by atoms with Crippen molar-refractivity contribution in [2.45, 2.75) is 19.8 Å². The summed E-state index contributed by atoms with van der Waals surface area (Å²) in [6.45, 7) is 1.98. The summed E-state index contributed by atoms with van der Waals surface area (Å²) in [4.78, 5) is 22.0. The number of ether oxygens (including phenoxy) is 2. The van der Waals surface area contributed by atoms with E-state index < -0.39 is 12.1 Å². The lowest BCUT2D eigenvalue weighted by molar-refractivity contribution is 0.0693. The first-order chi connectivity index (χ1) is 14.0. The number of aromatic carboxylic acids is 1. The predicted molar refractivity (Wildman–Crippen MR) is 109 cm³/mol. The van der Waals surface area contributed by atoms with Crippen molar-refractivity contribution >= 4 is 12.1 Å². The lowest BCUT2D eigenvalue weighted by atomic mass is 10.1. The number of rotatable bonds is 5. The summed E-state index contributed by atoms with van der Waals surface area (Å²) >= 11 is 0. The topological polar surface area (TPSA) is 93.1 Å². The van der Waals surface area contributed by atoms with Gasteiger partial charge in [0.05, 0.1) is 0 Å². The van der Waals surface area contributed by atoms with E-state index in [-0.39, 0.29) is 11.3 Å². The molecule has 0 aromatic heterocycles. The van der Waals surface area contributed by atoms with E-state index in [1.165, 1.54) is 6.07 Å². The second-order valence-electron chi connectivity index (χ2n) is 5.95. The standard InChI is InChI=1S/C13H10O3.C10H12O3/c14-13(15-11-7-3-1-4-8-11)16-12-9-5-2-6-10-12;1-2-4-7-5-3-6-8(9(7)11)10(12)13/h1-10H;3,5-6,11H,2,4H2,1H3,(H,12,13). The monoisotopic (exact) mass is 394 g/mol. The Balaban J connectivity index is 0.000000212. The van der Waals surface area contributed by atoms with E-state index in [9.17, 15) is 14.7 Å². The molecule has 0 amide bonds. The molecule has 0 aliphatic rings. The Hall–Kier alpha value is -3.80. The summed E-state index contributed by atoms with van der Waals surface area (Å²) in [5, 5.41) is 18.2. The van der Waals surface area contributed by atoms with E-state index in [1.54, 1.807) is 60.7 Å². The number of aromatic hydroxyl groups is 1. The number of para-hydroxylation sites is 3. The Morgan fingerprint density at radius 2 is 1.31 bits per heavy atom. The van der Waals surface area contributed by atoms with Gasteiger partial charge >= 0.3 is 12.1 Å². The van der Waals surface area contributed by atoms with Gasteiger partial charge in [-0.2, -0.15) is 0 Å². The van der Waals surface area contributed by atoms with Crippen LogP contribution >= 0.6 is 0 Å². The summed E-state index contributed by atoms with van der Waals surface area (Å²) in [7, 11) is 0. The van der Waals surface area contributed by atoms with Crippen LogP contribution in [0.4, 0.5) is 4.79 Å². The Labute approximate surface area is 169 Å². The van der Waals surface area contributed by atoms with Gasteiger partial charge in [-0.25, -0.2) is 9.59 Å². The highest BCUT2D eigenvalue weighted by atomic mass is 16.7. The SMILES string of the molecule is CCCc1cccc(C(=O)O)c1O.O=C(Oc1ccccc1)Oc1ccccc1. The molecule has 0 heterocycles. The number of aryl methyl sites for hydroxylation is 1. The molecular formula is C23H22O6. The first-order valence-electron chi connectivity index (χ1n) is 9.05. The third-order valence-electron chi connectivity index (χ3n) is 3.76. The minimum atomic E-state index is -1.09. The van der Waals surface area contributed by atoms with Gasteiger partial charge in [-0.05, 0) is 42.3 Å². The molecule has 2 N–H and O–H groups in total. The van der Waals surface area contributed by atoms with Gasteiger partial charge in [0, 0.05) is 0 Å². The Bertz CT molecular complexity index is 879. The van der Waals surface area contributed by atoms with Crippen molar-refractivity contribution in [2.75, 3.05) is 0 Å². The molecule has 0 radical (unpaired) electrons. The fourth-order valence-corrected chi connectivity index (χ4v) is 2.43. The van der Waals surface area contributed by atoms with Crippen molar-refractivity contribution in [2.24, 2.45) is 0 Å². The number of benzene rings is 3. The summed E-state index contributed by atoms with van der Waals surface area (Å²) in [5.74, 6) is -0.265. The van der Waals surface area contributed by atoms with Crippen LogP contribution in [-0.2, 0) is 6.42 Å². The Morgan fingerprint density at radius 3 is 1.76 bits per heavy atom. The van der Waals surface area contributed by atoms with Gasteiger partial charge in [0.1, 0.15) is 22.8 Å². The number of hydrogen-bond donors (Lipinski definition) is 2. The van der Waals surface area contributed by atoms with Crippen LogP contribution in [0, 0.1) is 0 Å². The second-order valence-corrected chi connectivity index (χ2v) is 5.95. The van der Waals surface area contributed by atoms with Crippen LogP contribution in [0.5, 0.6) is 17.2 Å². The van der Waals surface area contributed by atoms with E-state index in [0.717, 1.165) is 6.42 Å². The zero-order chi connectivity index (χ0) is 21.1. The molecule has 3 aromatic carbocycles. The predicted octanol–water partition coefficient (Wildman–Crippen LogP) is 5.31. The van der Waals surface area contributed by atoms with E-state index in [4.69, 9.17) is 14.6 Å². The van der Waals surface area contributed by atoms with Crippen molar-refractivity contribution < 1.29 is 29.3 Å². The summed E-state index contributed by atoms with van der Waals surface area (Å²) < 4.78 is 9.91. The van der Waals surface area contributed by atoms with Gasteiger partial charge in [0.25, 0.3) is 0 Å². The molecule has 6 heteroatoms. The Morgan fingerprint density at radius 1 is 0.793 bits per heavy atom. The number of hydrogen-bond acceptors (Lipinski definition) is 5. The maximum atomic E-state index is 11.3. The number of carbonyl (C=O) groups is 2. The van der Waals surface area contributed by atoms with Crippen LogP contribution < -0.4 is 9.47 Å². The molecule has 0 unspecified atom stereocenters. The lowest BCUT2D eigenvalue weighted by Crippen LogP contribution is -2.13. The highest BCUT2D eigenvalue weighted by Gasteiger charge is 2.11. The average molecular weight is 394 g/mol. The van der Waals surface area contributed by atoms with Crippen LogP contribution in [0.1, 0.15) is 29.3 Å². The third-order valence-corrected chi connectivity index (χ3v) is 3.76. The minimum Gasteiger partial charge on any atom is -0.507 e. The lowest BCUT2D eigenvalue weighted by Gasteiger charge is -2.04. The number of phenols is 1. The summed E-state index contributed by atoms with van der Waals surface area (Å²) in [6, 6.07) is 22.4. The Kier molecular flexibility index (Phi) is 8.26. The zero-order valence-electron chi connectivity index (χ0n) is 15.9. The van der Waals surface area contributed by atoms with Crippen LogP contribution in [0.15, 0.2) is 78.9 Å². The largest absolute Gasteiger partial charge is 0.519 e. The molecule has 0 spiro atoms. The van der Waals surface area contributed by atoms with Crippen LogP contribution in [0.25, 0.3) is 0 Å². The highest BCUT2D eigenvalue weighted by Crippen LogP contribution is 2.23. The first-order valence-corrected chi connectivity index (χ1v) is 9.05. The summed E-state index contributed by atoms with van der Waals surface area (Å²) in [5.41, 5.74) is 0.674. The molecular weight excluding hydrogens is 372 g/mol. The quantitative estimate of drug-likeness (QED) is 0.450. The van der Waals surface area contributed by atoms with Crippen molar-refractivity contribution in [3.63, 3.8) is 0 Å². The van der Waals surface area contributed by atoms with E-state index in [1.807, 2.05) is 19.1 Å². The van der Waals surface area contributed by atoms with Gasteiger partial charge in [0.15, 0.2) is 0 Å². The number of carbonyl (C=O) groups excluding carboxylic acids is 1. The first kappa shape index (κ1) is 21.5. The zero-order valence-corrected chi connectivity index (χ0v) is 15.9. The maximum absolute atomic E-state index is 11.3. The van der Waals surface area contributed by atoms with E-state index >= 15 is 0 Å². The molecule has 0 aliphatic carbocycles. The molecule has 29 heavy (non-hydrogen) atoms. The third kappa shape index (κ3) is 7.03. The molecule has 0 aliphatic heterocycles. The molecule has 3 rings (SSSR count). The molecule has 150 valence electrons. The molecule has 0 saturated carbocycles. The minimum absolute atomic E-state index is 0.0223. The number of carboxylic acids is 1. The average Bonchev–Trinajstić information content (AvgIpc) is 2.71. The fraction of sp³-hybridized carbons (Fsp3) is 0.130. The van der Waals surface area contributed by atoms with Gasteiger partial charge in [-0.15, -0.1) is 0 Å². The smallest absolute Gasteiger partial charge is 0.507 e. The molecule has 0 bridgehead atoms. The van der Waals surface area contributed by atoms with Gasteiger partial charge in [0.2, 0.25) is 0 Å². The molecule has 0 fully saturated rings. The maximum Gasteiger partial charge on any atom is 0.519 e. The van der Waals surface area contributed by atoms with Crippen LogP contribution in [-0.4, -0.2) is 22.3 Å². The highest BCUT2D eigenvalue weighted by molar-refractivity contribution is 5.91. The molecule has 6 nitrogen and oxygen atoms in total.